The van der Waals surface area contributed by atoms with Crippen LogP contribution in [0.2, 0.25) is 0 Å². The normalized spacial score (nSPS) is 11.4. The Morgan fingerprint density at radius 3 is 2.50 bits per heavy atom. The zero-order chi connectivity index (χ0) is 21.7. The number of rotatable bonds is 8. The second kappa shape index (κ2) is 9.86. The average molecular weight is 489 g/mol. The molecule has 1 heterocycles. The number of hydrogen-bond donors (Lipinski definition) is 1. The lowest BCUT2D eigenvalue weighted by atomic mass is 10.1. The zero-order valence-corrected chi connectivity index (χ0v) is 19.2. The maximum absolute atomic E-state index is 12.6. The van der Waals surface area contributed by atoms with Gasteiger partial charge in [0.15, 0.2) is 17.3 Å². The molecule has 30 heavy (non-hydrogen) atoms. The minimum atomic E-state index is -0.321. The summed E-state index contributed by atoms with van der Waals surface area (Å²) in [5.74, 6) is 0.475. The van der Waals surface area contributed by atoms with Crippen LogP contribution >= 0.6 is 27.3 Å². The van der Waals surface area contributed by atoms with E-state index in [1.807, 2.05) is 36.6 Å². The molecule has 1 N–H and O–H groups in total. The zero-order valence-electron chi connectivity index (χ0n) is 16.8. The molecule has 0 bridgehead atoms. The number of nitrogens with zero attached hydrogens (tertiary/aromatic N) is 1. The lowest BCUT2D eigenvalue weighted by Gasteiger charge is -2.11. The van der Waals surface area contributed by atoms with Crippen molar-refractivity contribution < 1.29 is 19.1 Å². The highest BCUT2D eigenvalue weighted by Gasteiger charge is 2.17. The highest BCUT2D eigenvalue weighted by Crippen LogP contribution is 2.34. The van der Waals surface area contributed by atoms with E-state index >= 15 is 0 Å². The Balaban J connectivity index is 1.62. The standard InChI is InChI=1S/C22H21BrN2O4S/c1-13(16-12-30-21-7-5-4-6-14(16)21)24-25-22(27)9-8-18(26)15-10-19(28-2)20(29-3)11-17(15)23/h4-7,10-12H,8-9H2,1-3H3,(H,25,27)/b24-13+. The number of carbonyl (C=O) groups excluding carboxylic acids is 2. The first-order chi connectivity index (χ1) is 14.4. The molecule has 0 saturated heterocycles. The van der Waals surface area contributed by atoms with Crippen LogP contribution in [0.25, 0.3) is 10.1 Å². The van der Waals surface area contributed by atoms with Crippen molar-refractivity contribution in [1.82, 2.24) is 5.43 Å². The van der Waals surface area contributed by atoms with Crippen molar-refractivity contribution in [2.45, 2.75) is 19.8 Å². The molecule has 8 heteroatoms. The predicted octanol–water partition coefficient (Wildman–Crippen LogP) is 5.18. The Hall–Kier alpha value is -2.71. The van der Waals surface area contributed by atoms with Crippen molar-refractivity contribution in [2.24, 2.45) is 5.10 Å². The first kappa shape index (κ1) is 22.0. The third-order valence-electron chi connectivity index (χ3n) is 4.57. The number of ether oxygens (including phenoxy) is 2. The molecule has 156 valence electrons. The molecule has 0 radical (unpaired) electrons. The Morgan fingerprint density at radius 1 is 1.07 bits per heavy atom. The number of benzene rings is 2. The molecule has 6 nitrogen and oxygen atoms in total. The molecule has 2 aromatic carbocycles. The summed E-state index contributed by atoms with van der Waals surface area (Å²) < 4.78 is 12.2. The van der Waals surface area contributed by atoms with Crippen molar-refractivity contribution in [3.8, 4) is 11.5 Å². The van der Waals surface area contributed by atoms with Crippen LogP contribution in [-0.4, -0.2) is 31.6 Å². The Bertz CT molecular complexity index is 1120. The van der Waals surface area contributed by atoms with E-state index in [0.29, 0.717) is 21.5 Å². The molecule has 0 fully saturated rings. The van der Waals surface area contributed by atoms with E-state index in [4.69, 9.17) is 9.47 Å². The first-order valence-electron chi connectivity index (χ1n) is 9.19. The van der Waals surface area contributed by atoms with Gasteiger partial charge in [-0.3, -0.25) is 9.59 Å². The van der Waals surface area contributed by atoms with E-state index in [2.05, 4.69) is 26.5 Å². The number of amides is 1. The SMILES string of the molecule is COc1cc(Br)c(C(=O)CCC(=O)N/N=C(\C)c2csc3ccccc23)cc1OC. The van der Waals surface area contributed by atoms with Crippen molar-refractivity contribution in [2.75, 3.05) is 14.2 Å². The molecule has 0 atom stereocenters. The molecule has 1 aromatic heterocycles. The highest BCUT2D eigenvalue weighted by molar-refractivity contribution is 9.10. The number of thiophene rings is 1. The number of nitrogens with one attached hydrogen (secondary N) is 1. The number of fused-ring (bicyclic) bond motifs is 1. The average Bonchev–Trinajstić information content (AvgIpc) is 3.19. The molecular weight excluding hydrogens is 468 g/mol. The van der Waals surface area contributed by atoms with Crippen molar-refractivity contribution in [3.63, 3.8) is 0 Å². The van der Waals surface area contributed by atoms with Crippen LogP contribution < -0.4 is 14.9 Å². The summed E-state index contributed by atoms with van der Waals surface area (Å²) in [4.78, 5) is 24.8. The van der Waals surface area contributed by atoms with Gasteiger partial charge in [-0.2, -0.15) is 5.10 Å². The van der Waals surface area contributed by atoms with E-state index in [0.717, 1.165) is 16.7 Å². The number of carbonyl (C=O) groups is 2. The Morgan fingerprint density at radius 2 is 1.77 bits per heavy atom. The fraction of sp³-hybridized carbons (Fsp3) is 0.227. The van der Waals surface area contributed by atoms with Crippen LogP contribution in [-0.2, 0) is 4.79 Å². The van der Waals surface area contributed by atoms with Gasteiger partial charge in [-0.1, -0.05) is 18.2 Å². The summed E-state index contributed by atoms with van der Waals surface area (Å²) in [5.41, 5.74) is 4.68. The lowest BCUT2D eigenvalue weighted by Crippen LogP contribution is -2.20. The van der Waals surface area contributed by atoms with Crippen LogP contribution in [0.5, 0.6) is 11.5 Å². The molecule has 0 saturated carbocycles. The number of hydrogen-bond acceptors (Lipinski definition) is 6. The summed E-state index contributed by atoms with van der Waals surface area (Å²) in [6.45, 7) is 1.85. The maximum Gasteiger partial charge on any atom is 0.240 e. The third kappa shape index (κ3) is 4.88. The van der Waals surface area contributed by atoms with Gasteiger partial charge in [0.2, 0.25) is 5.91 Å². The summed E-state index contributed by atoms with van der Waals surface area (Å²) in [6, 6.07) is 11.3. The minimum absolute atomic E-state index is 0.0286. The topological polar surface area (TPSA) is 77.0 Å². The second-order valence-electron chi connectivity index (χ2n) is 6.49. The van der Waals surface area contributed by atoms with Crippen molar-refractivity contribution >= 4 is 54.8 Å². The Kier molecular flexibility index (Phi) is 7.23. The van der Waals surface area contributed by atoms with Crippen LogP contribution in [0.1, 0.15) is 35.7 Å². The molecule has 0 aliphatic carbocycles. The highest BCUT2D eigenvalue weighted by atomic mass is 79.9. The molecule has 3 aromatic rings. The van der Waals surface area contributed by atoms with Crippen molar-refractivity contribution in [1.29, 1.82) is 0 Å². The molecule has 0 aliphatic rings. The van der Waals surface area contributed by atoms with E-state index in [1.165, 1.54) is 18.9 Å². The lowest BCUT2D eigenvalue weighted by molar-refractivity contribution is -0.121. The summed E-state index contributed by atoms with van der Waals surface area (Å²) in [5, 5.41) is 7.33. The van der Waals surface area contributed by atoms with Gasteiger partial charge in [0.1, 0.15) is 0 Å². The van der Waals surface area contributed by atoms with E-state index < -0.39 is 0 Å². The van der Waals surface area contributed by atoms with E-state index in [1.54, 1.807) is 23.5 Å². The maximum atomic E-state index is 12.6. The van der Waals surface area contributed by atoms with Gasteiger partial charge in [-0.05, 0) is 41.1 Å². The molecule has 3 rings (SSSR count). The molecule has 0 aliphatic heterocycles. The summed E-state index contributed by atoms with van der Waals surface area (Å²) in [6.07, 6.45) is 0.0800. The fourth-order valence-electron chi connectivity index (χ4n) is 2.95. The van der Waals surface area contributed by atoms with Crippen LogP contribution in [0.4, 0.5) is 0 Å². The van der Waals surface area contributed by atoms with E-state index in [9.17, 15) is 9.59 Å². The Labute approximate surface area is 187 Å². The first-order valence-corrected chi connectivity index (χ1v) is 10.9. The smallest absolute Gasteiger partial charge is 0.240 e. The van der Waals surface area contributed by atoms with Crippen molar-refractivity contribution in [3.05, 3.63) is 57.4 Å². The van der Waals surface area contributed by atoms with Gasteiger partial charge >= 0.3 is 0 Å². The quantitative estimate of drug-likeness (QED) is 0.269. The van der Waals surface area contributed by atoms with Crippen LogP contribution in [0.3, 0.4) is 0 Å². The van der Waals surface area contributed by atoms with Gasteiger partial charge in [-0.25, -0.2) is 5.43 Å². The largest absolute Gasteiger partial charge is 0.493 e. The number of halogens is 1. The number of ketones is 1. The van der Waals surface area contributed by atoms with Gasteiger partial charge in [0.05, 0.1) is 19.9 Å². The monoisotopic (exact) mass is 488 g/mol. The molecule has 1 amide bonds. The molecular formula is C22H21BrN2O4S. The summed E-state index contributed by atoms with van der Waals surface area (Å²) >= 11 is 5.01. The number of methoxy groups -OCH3 is 2. The fourth-order valence-corrected chi connectivity index (χ4v) is 4.50. The number of Topliss-reactive ketones (excluding diaryl/α,β-unsaturated/α-hetero) is 1. The van der Waals surface area contributed by atoms with Gasteiger partial charge in [-0.15, -0.1) is 11.3 Å². The van der Waals surface area contributed by atoms with Gasteiger partial charge in [0.25, 0.3) is 0 Å². The minimum Gasteiger partial charge on any atom is -0.493 e. The van der Waals surface area contributed by atoms with Gasteiger partial charge < -0.3 is 9.47 Å². The summed E-state index contributed by atoms with van der Waals surface area (Å²) in [7, 11) is 3.03. The molecule has 0 spiro atoms. The van der Waals surface area contributed by atoms with Crippen LogP contribution in [0.15, 0.2) is 51.4 Å². The number of hydrazone groups is 1. The van der Waals surface area contributed by atoms with Gasteiger partial charge in [0, 0.05) is 43.9 Å². The predicted molar refractivity (Wildman–Crippen MR) is 123 cm³/mol. The third-order valence-corrected chi connectivity index (χ3v) is 6.19. The molecule has 0 unspecified atom stereocenters. The second-order valence-corrected chi connectivity index (χ2v) is 8.25. The van der Waals surface area contributed by atoms with E-state index in [-0.39, 0.29) is 24.5 Å². The van der Waals surface area contributed by atoms with Crippen LogP contribution in [0, 0.1) is 0 Å².